The summed E-state index contributed by atoms with van der Waals surface area (Å²) in [4.78, 5) is 2.74. The van der Waals surface area contributed by atoms with Crippen molar-refractivity contribution in [2.75, 3.05) is 19.6 Å². The Kier molecular flexibility index (Phi) is 4.16. The first-order valence-corrected chi connectivity index (χ1v) is 8.35. The lowest BCUT2D eigenvalue weighted by Crippen LogP contribution is -2.63. The number of nitrogens with one attached hydrogen (secondary N) is 1. The third kappa shape index (κ3) is 2.98. The van der Waals surface area contributed by atoms with Crippen LogP contribution in [0.2, 0.25) is 0 Å². The van der Waals surface area contributed by atoms with Crippen LogP contribution in [0.15, 0.2) is 0 Å². The highest BCUT2D eigenvalue weighted by molar-refractivity contribution is 5.01. The highest BCUT2D eigenvalue weighted by atomic mass is 16.5. The highest BCUT2D eigenvalue weighted by Gasteiger charge is 2.41. The average molecular weight is 266 g/mol. The van der Waals surface area contributed by atoms with Gasteiger partial charge in [-0.2, -0.15) is 0 Å². The molecular weight excluding hydrogens is 236 g/mol. The fourth-order valence-corrected chi connectivity index (χ4v) is 4.32. The smallest absolute Gasteiger partial charge is 0.0706 e. The maximum absolute atomic E-state index is 6.05. The second-order valence-corrected chi connectivity index (χ2v) is 7.01. The van der Waals surface area contributed by atoms with Gasteiger partial charge in [-0.05, 0) is 39.0 Å². The van der Waals surface area contributed by atoms with Gasteiger partial charge in [-0.1, -0.05) is 19.8 Å². The lowest BCUT2D eigenvalue weighted by molar-refractivity contribution is -0.00188. The van der Waals surface area contributed by atoms with Crippen LogP contribution < -0.4 is 5.32 Å². The Balaban J connectivity index is 1.62. The van der Waals surface area contributed by atoms with E-state index in [4.69, 9.17) is 4.74 Å². The Bertz CT molecular complexity index is 301. The van der Waals surface area contributed by atoms with Gasteiger partial charge in [-0.3, -0.25) is 4.90 Å². The Morgan fingerprint density at radius 3 is 2.68 bits per heavy atom. The van der Waals surface area contributed by atoms with Gasteiger partial charge in [-0.15, -0.1) is 0 Å². The quantitative estimate of drug-likeness (QED) is 0.849. The molecule has 3 rings (SSSR count). The average Bonchev–Trinajstić information content (AvgIpc) is 3.00. The van der Waals surface area contributed by atoms with Gasteiger partial charge in [0, 0.05) is 31.2 Å². The van der Waals surface area contributed by atoms with E-state index in [2.05, 4.69) is 24.1 Å². The zero-order chi connectivity index (χ0) is 13.3. The fraction of sp³-hybridized carbons (Fsp3) is 1.00. The van der Waals surface area contributed by atoms with E-state index in [0.29, 0.717) is 23.8 Å². The molecule has 0 aromatic rings. The van der Waals surface area contributed by atoms with E-state index in [0.717, 1.165) is 6.54 Å². The predicted molar refractivity (Wildman–Crippen MR) is 78.4 cm³/mol. The van der Waals surface area contributed by atoms with Crippen LogP contribution in [0.25, 0.3) is 0 Å². The van der Waals surface area contributed by atoms with Gasteiger partial charge in [0.05, 0.1) is 12.2 Å². The van der Waals surface area contributed by atoms with E-state index in [1.54, 1.807) is 0 Å². The second-order valence-electron chi connectivity index (χ2n) is 7.01. The fourth-order valence-electron chi connectivity index (χ4n) is 4.32. The molecule has 1 aliphatic carbocycles. The lowest BCUT2D eigenvalue weighted by atomic mass is 9.91. The van der Waals surface area contributed by atoms with Crippen molar-refractivity contribution in [3.8, 4) is 0 Å². The Morgan fingerprint density at radius 2 is 2.05 bits per heavy atom. The Labute approximate surface area is 118 Å². The maximum Gasteiger partial charge on any atom is 0.0706 e. The first-order chi connectivity index (χ1) is 9.21. The summed E-state index contributed by atoms with van der Waals surface area (Å²) in [5.41, 5.74) is 0.440. The van der Waals surface area contributed by atoms with Crippen molar-refractivity contribution in [2.45, 2.75) is 82.6 Å². The monoisotopic (exact) mass is 266 g/mol. The largest absolute Gasteiger partial charge is 0.374 e. The zero-order valence-corrected chi connectivity index (χ0v) is 12.7. The van der Waals surface area contributed by atoms with Crippen LogP contribution in [0.3, 0.4) is 0 Å². The molecule has 3 atom stereocenters. The third-order valence-corrected chi connectivity index (χ3v) is 5.52. The number of piperazine rings is 1. The van der Waals surface area contributed by atoms with Gasteiger partial charge in [0.2, 0.25) is 0 Å². The minimum Gasteiger partial charge on any atom is -0.374 e. The van der Waals surface area contributed by atoms with Crippen LogP contribution in [0.4, 0.5) is 0 Å². The first kappa shape index (κ1) is 13.8. The molecule has 2 aliphatic heterocycles. The van der Waals surface area contributed by atoms with Gasteiger partial charge >= 0.3 is 0 Å². The molecule has 3 fully saturated rings. The van der Waals surface area contributed by atoms with Crippen LogP contribution in [-0.4, -0.2) is 48.3 Å². The van der Waals surface area contributed by atoms with Gasteiger partial charge in [-0.25, -0.2) is 0 Å². The predicted octanol–water partition coefficient (Wildman–Crippen LogP) is 2.55. The molecule has 0 aromatic heterocycles. The molecule has 3 nitrogen and oxygen atoms in total. The van der Waals surface area contributed by atoms with Gasteiger partial charge in [0.25, 0.3) is 0 Å². The van der Waals surface area contributed by atoms with Gasteiger partial charge in [0.15, 0.2) is 0 Å². The highest BCUT2D eigenvalue weighted by Crippen LogP contribution is 2.34. The molecule has 1 N–H and O–H groups in total. The minimum atomic E-state index is 0.440. The van der Waals surface area contributed by atoms with Crippen molar-refractivity contribution < 1.29 is 4.74 Å². The summed E-state index contributed by atoms with van der Waals surface area (Å²) in [5.74, 6) is 0. The molecule has 19 heavy (non-hydrogen) atoms. The summed E-state index contributed by atoms with van der Waals surface area (Å²) in [7, 11) is 0. The van der Waals surface area contributed by atoms with E-state index < -0.39 is 0 Å². The molecule has 2 saturated heterocycles. The molecule has 1 spiro atoms. The van der Waals surface area contributed by atoms with Crippen molar-refractivity contribution in [3.63, 3.8) is 0 Å². The van der Waals surface area contributed by atoms with Crippen LogP contribution in [0, 0.1) is 0 Å². The van der Waals surface area contributed by atoms with Gasteiger partial charge < -0.3 is 10.1 Å². The van der Waals surface area contributed by atoms with Crippen LogP contribution in [-0.2, 0) is 4.74 Å². The number of hydrogen-bond acceptors (Lipinski definition) is 3. The molecule has 0 aromatic carbocycles. The van der Waals surface area contributed by atoms with Crippen LogP contribution >= 0.6 is 0 Å². The molecule has 3 unspecified atom stereocenters. The number of hydrogen-bond donors (Lipinski definition) is 1. The van der Waals surface area contributed by atoms with Crippen molar-refractivity contribution in [2.24, 2.45) is 0 Å². The van der Waals surface area contributed by atoms with Crippen LogP contribution in [0.1, 0.15) is 58.8 Å². The summed E-state index contributed by atoms with van der Waals surface area (Å²) in [6.07, 6.45) is 10.3. The standard InChI is InChI=1S/C16H30N2O/c1-3-14-10-17-16(8-4-5-9-16)12-18(14)11-15-7-6-13(2)19-15/h13-15,17H,3-12H2,1-2H3. The topological polar surface area (TPSA) is 24.5 Å². The third-order valence-electron chi connectivity index (χ3n) is 5.52. The molecule has 1 saturated carbocycles. The summed E-state index contributed by atoms with van der Waals surface area (Å²) >= 11 is 0. The molecule has 0 amide bonds. The zero-order valence-electron chi connectivity index (χ0n) is 12.7. The molecule has 3 heteroatoms. The van der Waals surface area contributed by atoms with E-state index in [1.807, 2.05) is 0 Å². The van der Waals surface area contributed by atoms with Crippen molar-refractivity contribution >= 4 is 0 Å². The SMILES string of the molecule is CCC1CNC2(CCCC2)CN1CC1CCC(C)O1. The Hall–Kier alpha value is -0.120. The molecule has 0 radical (unpaired) electrons. The minimum absolute atomic E-state index is 0.440. The van der Waals surface area contributed by atoms with Gasteiger partial charge in [0.1, 0.15) is 0 Å². The van der Waals surface area contributed by atoms with E-state index >= 15 is 0 Å². The van der Waals surface area contributed by atoms with E-state index in [9.17, 15) is 0 Å². The van der Waals surface area contributed by atoms with Crippen molar-refractivity contribution in [3.05, 3.63) is 0 Å². The summed E-state index contributed by atoms with van der Waals surface area (Å²) < 4.78 is 6.05. The Morgan fingerprint density at radius 1 is 1.26 bits per heavy atom. The van der Waals surface area contributed by atoms with Crippen molar-refractivity contribution in [1.82, 2.24) is 10.2 Å². The first-order valence-electron chi connectivity index (χ1n) is 8.35. The second kappa shape index (κ2) is 5.71. The van der Waals surface area contributed by atoms with Crippen molar-refractivity contribution in [1.29, 1.82) is 0 Å². The molecule has 3 aliphatic rings. The normalized spacial score (nSPS) is 39.2. The molecular formula is C16H30N2O. The number of nitrogens with zero attached hydrogens (tertiary/aromatic N) is 1. The van der Waals surface area contributed by atoms with E-state index in [1.165, 1.54) is 58.0 Å². The van der Waals surface area contributed by atoms with E-state index in [-0.39, 0.29) is 0 Å². The lowest BCUT2D eigenvalue weighted by Gasteiger charge is -2.47. The summed E-state index contributed by atoms with van der Waals surface area (Å²) in [6.45, 7) is 8.13. The van der Waals surface area contributed by atoms with Crippen LogP contribution in [0.5, 0.6) is 0 Å². The molecule has 2 heterocycles. The maximum atomic E-state index is 6.05. The number of rotatable bonds is 3. The summed E-state index contributed by atoms with van der Waals surface area (Å²) in [5, 5.41) is 3.88. The molecule has 110 valence electrons. The number of ether oxygens (including phenoxy) is 1. The molecule has 0 bridgehead atoms. The summed E-state index contributed by atoms with van der Waals surface area (Å²) in [6, 6.07) is 0.714.